The molecule has 0 aliphatic carbocycles. The summed E-state index contributed by atoms with van der Waals surface area (Å²) in [6, 6.07) is 6.80. The Labute approximate surface area is 308 Å². The number of benzene rings is 2. The minimum Gasteiger partial charge on any atom is -0.496 e. The van der Waals surface area contributed by atoms with E-state index in [0.29, 0.717) is 6.07 Å². The Balaban J connectivity index is 1.58. The highest BCUT2D eigenvalue weighted by molar-refractivity contribution is 5.66. The number of methoxy groups -OCH3 is 1. The van der Waals surface area contributed by atoms with Crippen LogP contribution in [0, 0.1) is 18.6 Å². The SMILES string of the molecule is COc1ccc(F)cc1[C@H](Cn1c(=O)c(N2CCN(Cc3ccc(C(F)(F)F)o3)CC2)c(C)n(Cc2c(F)cccc2C(F)(F)F)c1=O)NCCCC(=O)O. The Morgan fingerprint density at radius 3 is 2.27 bits per heavy atom. The summed E-state index contributed by atoms with van der Waals surface area (Å²) in [5.41, 5.74) is -4.19. The van der Waals surface area contributed by atoms with Crippen molar-refractivity contribution in [3.8, 4) is 5.75 Å². The molecule has 298 valence electrons. The van der Waals surface area contributed by atoms with Gasteiger partial charge in [0.1, 0.15) is 28.8 Å². The van der Waals surface area contributed by atoms with Gasteiger partial charge in [-0.2, -0.15) is 26.3 Å². The van der Waals surface area contributed by atoms with Crippen LogP contribution in [-0.4, -0.2) is 64.9 Å². The molecule has 1 saturated heterocycles. The maximum atomic E-state index is 15.2. The number of carboxylic acids is 1. The van der Waals surface area contributed by atoms with Crippen LogP contribution in [0.2, 0.25) is 0 Å². The number of aromatic nitrogens is 2. The Hall–Kier alpha value is -5.17. The van der Waals surface area contributed by atoms with Crippen LogP contribution in [0.15, 0.2) is 62.5 Å². The lowest BCUT2D eigenvalue weighted by Gasteiger charge is -2.36. The van der Waals surface area contributed by atoms with Gasteiger partial charge in [0.05, 0.1) is 38.3 Å². The van der Waals surface area contributed by atoms with Crippen LogP contribution >= 0.6 is 0 Å². The highest BCUT2D eigenvalue weighted by Crippen LogP contribution is 2.34. The van der Waals surface area contributed by atoms with Gasteiger partial charge in [-0.1, -0.05) is 6.07 Å². The van der Waals surface area contributed by atoms with E-state index in [4.69, 9.17) is 14.3 Å². The van der Waals surface area contributed by atoms with E-state index in [1.807, 2.05) is 0 Å². The minimum atomic E-state index is -5.00. The van der Waals surface area contributed by atoms with Gasteiger partial charge in [-0.05, 0) is 62.4 Å². The van der Waals surface area contributed by atoms with E-state index in [2.05, 4.69) is 5.32 Å². The second kappa shape index (κ2) is 16.7. The standard InChI is InChI=1S/C36H37F8N5O6/c1-21-32(47-15-13-46(14-16-47)18-23-9-11-30(55-23)36(42,43)44)33(52)49(34(53)48(21)19-25-26(35(39,40)41)5-3-6-27(25)38)20-28(45-12-4-7-31(50)51)24-17-22(37)8-10-29(24)54-2/h3,5-6,8-11,17,28,45H,4,7,12-16,18-20H2,1-2H3,(H,50,51)/t28-/m0/s1. The van der Waals surface area contributed by atoms with Gasteiger partial charge < -0.3 is 24.5 Å². The van der Waals surface area contributed by atoms with Crippen LogP contribution in [0.3, 0.4) is 0 Å². The Morgan fingerprint density at radius 1 is 0.945 bits per heavy atom. The lowest BCUT2D eigenvalue weighted by atomic mass is 10.0. The molecule has 1 aliphatic rings. The molecule has 0 spiro atoms. The summed E-state index contributed by atoms with van der Waals surface area (Å²) in [5, 5.41) is 12.2. The number of alkyl halides is 6. The summed E-state index contributed by atoms with van der Waals surface area (Å²) >= 11 is 0. The number of anilines is 1. The molecule has 5 rings (SSSR count). The van der Waals surface area contributed by atoms with Crippen LogP contribution in [0.4, 0.5) is 40.8 Å². The Bertz CT molecular complexity index is 2120. The number of hydrogen-bond acceptors (Lipinski definition) is 8. The second-order valence-electron chi connectivity index (χ2n) is 12.9. The number of carbonyl (C=O) groups is 1. The smallest absolute Gasteiger partial charge is 0.449 e. The Kier molecular flexibility index (Phi) is 12.4. The van der Waals surface area contributed by atoms with Crippen molar-refractivity contribution >= 4 is 11.7 Å². The number of aliphatic carboxylic acids is 1. The first-order valence-electron chi connectivity index (χ1n) is 17.0. The molecular formula is C36H37F8N5O6. The molecule has 1 fully saturated rings. The molecule has 1 aliphatic heterocycles. The third kappa shape index (κ3) is 9.56. The maximum absolute atomic E-state index is 15.2. The topological polar surface area (TPSA) is 122 Å². The zero-order chi connectivity index (χ0) is 40.2. The van der Waals surface area contributed by atoms with Gasteiger partial charge in [0, 0.05) is 49.4 Å². The van der Waals surface area contributed by atoms with E-state index in [-0.39, 0.29) is 80.6 Å². The minimum absolute atomic E-state index is 0.00479. The summed E-state index contributed by atoms with van der Waals surface area (Å²) in [4.78, 5) is 43.2. The Morgan fingerprint density at radius 2 is 1.65 bits per heavy atom. The van der Waals surface area contributed by atoms with Crippen molar-refractivity contribution in [2.45, 2.75) is 57.8 Å². The van der Waals surface area contributed by atoms with Crippen LogP contribution in [0.1, 0.15) is 52.8 Å². The van der Waals surface area contributed by atoms with Gasteiger partial charge in [-0.25, -0.2) is 13.6 Å². The van der Waals surface area contributed by atoms with Crippen LogP contribution in [0.5, 0.6) is 5.75 Å². The molecule has 0 amide bonds. The highest BCUT2D eigenvalue weighted by atomic mass is 19.4. The van der Waals surface area contributed by atoms with Crippen molar-refractivity contribution in [3.63, 3.8) is 0 Å². The number of hydrogen-bond donors (Lipinski definition) is 2. The average Bonchev–Trinajstić information content (AvgIpc) is 3.59. The number of nitrogens with zero attached hydrogens (tertiary/aromatic N) is 4. The number of furan rings is 1. The number of carboxylic acid groups (broad SMARTS) is 1. The fourth-order valence-electron chi connectivity index (χ4n) is 6.55. The summed E-state index contributed by atoms with van der Waals surface area (Å²) in [6.45, 7) is 0.448. The third-order valence-electron chi connectivity index (χ3n) is 9.30. The molecule has 4 aromatic rings. The van der Waals surface area contributed by atoms with Crippen LogP contribution in [0.25, 0.3) is 0 Å². The predicted molar refractivity (Wildman–Crippen MR) is 182 cm³/mol. The third-order valence-corrected chi connectivity index (χ3v) is 9.30. The molecule has 55 heavy (non-hydrogen) atoms. The van der Waals surface area contributed by atoms with E-state index < -0.39 is 77.2 Å². The number of piperazine rings is 1. The summed E-state index contributed by atoms with van der Waals surface area (Å²) in [7, 11) is 1.30. The quantitative estimate of drug-likeness (QED) is 0.121. The number of nitrogens with one attached hydrogen (secondary N) is 1. The number of ether oxygens (including phenoxy) is 1. The molecule has 11 nitrogen and oxygen atoms in total. The number of rotatable bonds is 14. The van der Waals surface area contributed by atoms with E-state index in [0.717, 1.165) is 39.5 Å². The molecule has 1 atom stereocenters. The zero-order valence-corrected chi connectivity index (χ0v) is 29.6. The van der Waals surface area contributed by atoms with Crippen LogP contribution < -0.4 is 26.2 Å². The molecule has 19 heteroatoms. The molecule has 2 aromatic carbocycles. The van der Waals surface area contributed by atoms with Crippen molar-refractivity contribution < 1.29 is 54.2 Å². The maximum Gasteiger partial charge on any atom is 0.449 e. The van der Waals surface area contributed by atoms with Crippen LogP contribution in [-0.2, 0) is 36.8 Å². The van der Waals surface area contributed by atoms with Gasteiger partial charge in [-0.3, -0.25) is 23.6 Å². The monoisotopic (exact) mass is 787 g/mol. The van der Waals surface area contributed by atoms with Crippen molar-refractivity contribution in [2.75, 3.05) is 44.7 Å². The van der Waals surface area contributed by atoms with Gasteiger partial charge >= 0.3 is 24.0 Å². The number of halogens is 8. The molecule has 0 saturated carbocycles. The zero-order valence-electron chi connectivity index (χ0n) is 29.6. The largest absolute Gasteiger partial charge is 0.496 e. The molecular weight excluding hydrogens is 750 g/mol. The summed E-state index contributed by atoms with van der Waals surface area (Å²) in [5.74, 6) is -4.01. The van der Waals surface area contributed by atoms with Crippen molar-refractivity contribution in [3.05, 3.63) is 115 Å². The highest BCUT2D eigenvalue weighted by Gasteiger charge is 2.37. The second-order valence-corrected chi connectivity index (χ2v) is 12.9. The van der Waals surface area contributed by atoms with Gasteiger partial charge in [0.2, 0.25) is 5.76 Å². The van der Waals surface area contributed by atoms with E-state index in [1.54, 1.807) is 9.80 Å². The van der Waals surface area contributed by atoms with E-state index in [1.165, 1.54) is 26.2 Å². The van der Waals surface area contributed by atoms with Crippen molar-refractivity contribution in [1.82, 2.24) is 19.4 Å². The normalized spacial score (nSPS) is 14.7. The lowest BCUT2D eigenvalue weighted by molar-refractivity contribution is -0.153. The van der Waals surface area contributed by atoms with Gasteiger partial charge in [0.25, 0.3) is 5.56 Å². The summed E-state index contributed by atoms with van der Waals surface area (Å²) in [6.07, 6.45) is -9.83. The molecule has 2 aromatic heterocycles. The first-order valence-corrected chi connectivity index (χ1v) is 17.0. The molecule has 0 bridgehead atoms. The lowest BCUT2D eigenvalue weighted by Crippen LogP contribution is -2.51. The van der Waals surface area contributed by atoms with E-state index >= 15 is 4.39 Å². The predicted octanol–water partition coefficient (Wildman–Crippen LogP) is 5.80. The molecule has 0 unspecified atom stereocenters. The summed E-state index contributed by atoms with van der Waals surface area (Å²) < 4.78 is 123. The van der Waals surface area contributed by atoms with E-state index in [9.17, 15) is 45.1 Å². The molecule has 3 heterocycles. The first kappa shape index (κ1) is 41.0. The fourth-order valence-corrected chi connectivity index (χ4v) is 6.55. The van der Waals surface area contributed by atoms with Gasteiger partial charge in [0.15, 0.2) is 0 Å². The average molecular weight is 788 g/mol. The molecule has 0 radical (unpaired) electrons. The fraction of sp³-hybridized carbons (Fsp3) is 0.417. The van der Waals surface area contributed by atoms with Crippen molar-refractivity contribution in [1.29, 1.82) is 0 Å². The van der Waals surface area contributed by atoms with Crippen molar-refractivity contribution in [2.24, 2.45) is 0 Å². The van der Waals surface area contributed by atoms with Gasteiger partial charge in [-0.15, -0.1) is 0 Å². The first-order chi connectivity index (χ1) is 25.9. The molecule has 2 N–H and O–H groups in total.